The summed E-state index contributed by atoms with van der Waals surface area (Å²) in [5, 5.41) is 16.3. The maximum Gasteiger partial charge on any atom is 0.410 e. The molecule has 3 aromatic rings. The van der Waals surface area contributed by atoms with Gasteiger partial charge in [-0.05, 0) is 74.3 Å². The minimum Gasteiger partial charge on any atom is -0.480 e. The van der Waals surface area contributed by atoms with Crippen LogP contribution in [0.25, 0.3) is 11.1 Å². The summed E-state index contributed by atoms with van der Waals surface area (Å²) in [6, 6.07) is 21.1. The molecule has 12 heteroatoms. The van der Waals surface area contributed by atoms with Crippen molar-refractivity contribution in [1.29, 1.82) is 0 Å². The number of halogens is 1. The molecule has 0 aromatic heterocycles. The molecule has 0 unspecified atom stereocenters. The van der Waals surface area contributed by atoms with Crippen LogP contribution in [0.5, 0.6) is 0 Å². The fourth-order valence-corrected chi connectivity index (χ4v) is 6.38. The molecule has 1 aliphatic rings. The molecule has 51 heavy (non-hydrogen) atoms. The highest BCUT2D eigenvalue weighted by Crippen LogP contribution is 2.44. The van der Waals surface area contributed by atoms with E-state index in [4.69, 9.17) is 25.8 Å². The normalized spacial score (nSPS) is 13.4. The predicted octanol–water partition coefficient (Wildman–Crippen LogP) is 7.99. The van der Waals surface area contributed by atoms with Crippen LogP contribution in [-0.4, -0.2) is 71.6 Å². The van der Waals surface area contributed by atoms with E-state index in [1.807, 2.05) is 48.5 Å². The number of unbranched alkanes of at least 4 members (excludes halogenated alkanes) is 1. The third-order valence-electron chi connectivity index (χ3n) is 8.49. The van der Waals surface area contributed by atoms with Crippen LogP contribution in [0.4, 0.5) is 14.4 Å². The molecule has 3 N–H and O–H groups in total. The average molecular weight is 722 g/mol. The van der Waals surface area contributed by atoms with E-state index in [9.17, 15) is 24.3 Å². The Morgan fingerprint density at radius 3 is 2.06 bits per heavy atom. The molecule has 11 nitrogen and oxygen atoms in total. The number of nitrogens with zero attached hydrogens (tertiary/aromatic N) is 1. The van der Waals surface area contributed by atoms with Gasteiger partial charge in [-0.3, -0.25) is 4.90 Å². The van der Waals surface area contributed by atoms with Crippen LogP contribution in [0.3, 0.4) is 0 Å². The highest BCUT2D eigenvalue weighted by molar-refractivity contribution is 6.31. The number of fused-ring (bicyclic) bond motifs is 3. The summed E-state index contributed by atoms with van der Waals surface area (Å²) in [6.45, 7) is 8.83. The summed E-state index contributed by atoms with van der Waals surface area (Å²) >= 11 is 6.13. The molecule has 3 amide bonds. The van der Waals surface area contributed by atoms with Gasteiger partial charge in [0.15, 0.2) is 0 Å². The van der Waals surface area contributed by atoms with Crippen LogP contribution in [0.15, 0.2) is 72.8 Å². The summed E-state index contributed by atoms with van der Waals surface area (Å²) in [7, 11) is 0. The third-order valence-corrected chi connectivity index (χ3v) is 8.86. The Balaban J connectivity index is 1.43. The van der Waals surface area contributed by atoms with Crippen LogP contribution >= 0.6 is 11.6 Å². The summed E-state index contributed by atoms with van der Waals surface area (Å²) in [5.41, 5.74) is 4.11. The van der Waals surface area contributed by atoms with Crippen LogP contribution in [0.1, 0.15) is 76.5 Å². The Bertz CT molecular complexity index is 1630. The second-order valence-corrected chi connectivity index (χ2v) is 14.3. The lowest BCUT2D eigenvalue weighted by Crippen LogP contribution is -2.54. The smallest absolute Gasteiger partial charge is 0.410 e. The van der Waals surface area contributed by atoms with E-state index < -0.39 is 47.9 Å². The van der Waals surface area contributed by atoms with E-state index in [1.165, 1.54) is 4.90 Å². The lowest BCUT2D eigenvalue weighted by atomic mass is 9.98. The van der Waals surface area contributed by atoms with Gasteiger partial charge in [-0.1, -0.05) is 92.2 Å². The van der Waals surface area contributed by atoms with E-state index >= 15 is 0 Å². The van der Waals surface area contributed by atoms with Crippen molar-refractivity contribution in [3.8, 4) is 11.1 Å². The number of carbonyl (C=O) groups excluding carboxylic acids is 3. The number of alkyl carbamates (subject to hydrolysis) is 2. The van der Waals surface area contributed by atoms with Gasteiger partial charge in [0.1, 0.15) is 24.9 Å². The number of ether oxygens (including phenoxy) is 3. The van der Waals surface area contributed by atoms with Crippen molar-refractivity contribution in [2.45, 2.75) is 84.1 Å². The molecular formula is C39H48ClN3O8. The predicted molar refractivity (Wildman–Crippen MR) is 195 cm³/mol. The molecule has 0 aliphatic heterocycles. The van der Waals surface area contributed by atoms with Gasteiger partial charge in [-0.15, -0.1) is 0 Å². The molecule has 0 bridgehead atoms. The van der Waals surface area contributed by atoms with Gasteiger partial charge in [0.05, 0.1) is 0 Å². The lowest BCUT2D eigenvalue weighted by Gasteiger charge is -2.34. The number of amides is 3. The molecule has 0 heterocycles. The second kappa shape index (κ2) is 17.9. The first kappa shape index (κ1) is 39.0. The number of aliphatic carboxylic acids is 1. The summed E-state index contributed by atoms with van der Waals surface area (Å²) < 4.78 is 16.7. The van der Waals surface area contributed by atoms with Gasteiger partial charge in [-0.2, -0.15) is 0 Å². The number of rotatable bonds is 15. The minimum atomic E-state index is -1.22. The maximum absolute atomic E-state index is 13.9. The van der Waals surface area contributed by atoms with E-state index in [2.05, 4.69) is 10.6 Å². The highest BCUT2D eigenvalue weighted by atomic mass is 35.5. The number of benzene rings is 3. The highest BCUT2D eigenvalue weighted by Gasteiger charge is 2.37. The zero-order chi connectivity index (χ0) is 37.1. The Kier molecular flexibility index (Phi) is 13.7. The van der Waals surface area contributed by atoms with Crippen molar-refractivity contribution < 1.29 is 38.5 Å². The van der Waals surface area contributed by atoms with Gasteiger partial charge < -0.3 is 30.0 Å². The largest absolute Gasteiger partial charge is 0.480 e. The quantitative estimate of drug-likeness (QED) is 0.106. The molecule has 1 aliphatic carbocycles. The third kappa shape index (κ3) is 11.1. The van der Waals surface area contributed by atoms with Gasteiger partial charge in [-0.25, -0.2) is 19.2 Å². The fraction of sp³-hybridized carbons (Fsp3) is 0.436. The molecule has 3 aromatic carbocycles. The fourth-order valence-electron chi connectivity index (χ4n) is 6.19. The monoisotopic (exact) mass is 721 g/mol. The number of hydrogen-bond donors (Lipinski definition) is 3. The Labute approximate surface area is 304 Å². The van der Waals surface area contributed by atoms with Crippen molar-refractivity contribution in [3.63, 3.8) is 0 Å². The molecule has 0 fully saturated rings. The van der Waals surface area contributed by atoms with Gasteiger partial charge in [0, 0.05) is 35.6 Å². The zero-order valence-electron chi connectivity index (χ0n) is 29.8. The first-order chi connectivity index (χ1) is 24.2. The summed E-state index contributed by atoms with van der Waals surface area (Å²) in [5.74, 6) is -1.87. The van der Waals surface area contributed by atoms with Crippen LogP contribution in [0, 0.1) is 5.92 Å². The van der Waals surface area contributed by atoms with E-state index in [0.717, 1.165) is 22.3 Å². The van der Waals surface area contributed by atoms with Crippen LogP contribution in [-0.2, 0) is 25.6 Å². The number of nitrogens with one attached hydrogen (secondary N) is 2. The SMILES string of the molecule is CC(C)[C@@H](C(=O)O)N(C[C@H](CCCCNC(=O)OCc1ccccc1Cl)NC(=O)OC(C)(C)C)C(=O)OCC1c2ccccc2-c2ccccc21. The molecular weight excluding hydrogens is 674 g/mol. The standard InChI is InChI=1S/C39H48ClN3O8/c1-25(2)34(35(44)45)43(38(48)50-24-32-30-18-9-7-16-28(30)29-17-8-10-19-31(29)32)22-27(42-37(47)51-39(3,4)5)15-12-13-21-41-36(46)49-23-26-14-6-11-20-33(26)40/h6-11,14,16-20,25,27,32,34H,12-13,15,21-24H2,1-5H3,(H,41,46)(H,42,47)(H,44,45)/t27-,34-/m0/s1. The molecule has 2 atom stereocenters. The van der Waals surface area contributed by atoms with Crippen LogP contribution < -0.4 is 10.6 Å². The summed E-state index contributed by atoms with van der Waals surface area (Å²) in [4.78, 5) is 52.8. The minimum absolute atomic E-state index is 0.0101. The number of carbonyl (C=O) groups is 4. The van der Waals surface area contributed by atoms with Crippen molar-refractivity contribution in [3.05, 3.63) is 94.5 Å². The number of hydrogen-bond acceptors (Lipinski definition) is 7. The Morgan fingerprint density at radius 1 is 0.863 bits per heavy atom. The first-order valence-corrected chi connectivity index (χ1v) is 17.6. The number of carboxylic acids is 1. The Morgan fingerprint density at radius 2 is 1.47 bits per heavy atom. The first-order valence-electron chi connectivity index (χ1n) is 17.2. The maximum atomic E-state index is 13.9. The van der Waals surface area contributed by atoms with Crippen LogP contribution in [0.2, 0.25) is 5.02 Å². The molecule has 4 rings (SSSR count). The molecule has 0 spiro atoms. The van der Waals surface area contributed by atoms with Gasteiger partial charge >= 0.3 is 24.2 Å². The molecule has 0 saturated carbocycles. The second-order valence-electron chi connectivity index (χ2n) is 13.9. The molecule has 0 radical (unpaired) electrons. The number of carboxylic acid groups (broad SMARTS) is 1. The van der Waals surface area contributed by atoms with Crippen molar-refractivity contribution >= 4 is 35.8 Å². The summed E-state index contributed by atoms with van der Waals surface area (Å²) in [6.07, 6.45) is -0.697. The van der Waals surface area contributed by atoms with Crippen molar-refractivity contribution in [2.24, 2.45) is 5.92 Å². The lowest BCUT2D eigenvalue weighted by molar-refractivity contribution is -0.144. The van der Waals surface area contributed by atoms with E-state index in [-0.39, 0.29) is 25.7 Å². The van der Waals surface area contributed by atoms with Crippen molar-refractivity contribution in [1.82, 2.24) is 15.5 Å². The van der Waals surface area contributed by atoms with E-state index in [0.29, 0.717) is 36.4 Å². The Hall–Kier alpha value is -4.77. The van der Waals surface area contributed by atoms with Gasteiger partial charge in [0.2, 0.25) is 0 Å². The van der Waals surface area contributed by atoms with Crippen molar-refractivity contribution in [2.75, 3.05) is 19.7 Å². The molecule has 274 valence electrons. The topological polar surface area (TPSA) is 144 Å². The van der Waals surface area contributed by atoms with E-state index in [1.54, 1.807) is 58.9 Å². The average Bonchev–Trinajstić information content (AvgIpc) is 3.38. The zero-order valence-corrected chi connectivity index (χ0v) is 30.6. The van der Waals surface area contributed by atoms with Gasteiger partial charge in [0.25, 0.3) is 0 Å². The molecule has 0 saturated heterocycles.